The quantitative estimate of drug-likeness (QED) is 0.502. The molecule has 30 heavy (non-hydrogen) atoms. The fraction of sp³-hybridized carbons (Fsp3) is 0.182. The van der Waals surface area contributed by atoms with Crippen molar-refractivity contribution >= 4 is 51.8 Å². The van der Waals surface area contributed by atoms with Crippen LogP contribution in [0.15, 0.2) is 59.5 Å². The summed E-state index contributed by atoms with van der Waals surface area (Å²) in [6, 6.07) is 14.1. The fourth-order valence-electron chi connectivity index (χ4n) is 2.87. The number of aryl methyl sites for hydroxylation is 1. The number of thioether (sulfide) groups is 1. The van der Waals surface area contributed by atoms with Crippen LogP contribution in [-0.2, 0) is 22.4 Å². The first kappa shape index (κ1) is 21.7. The van der Waals surface area contributed by atoms with Gasteiger partial charge in [-0.05, 0) is 42.2 Å². The molecule has 1 heterocycles. The van der Waals surface area contributed by atoms with E-state index in [1.54, 1.807) is 6.07 Å². The van der Waals surface area contributed by atoms with Gasteiger partial charge in [-0.25, -0.2) is 4.79 Å². The third-order valence-corrected chi connectivity index (χ3v) is 5.95. The molecule has 0 aromatic heterocycles. The Morgan fingerprint density at radius 3 is 2.53 bits per heavy atom. The van der Waals surface area contributed by atoms with Gasteiger partial charge in [0.15, 0.2) is 0 Å². The van der Waals surface area contributed by atoms with Crippen molar-refractivity contribution < 1.29 is 19.5 Å². The van der Waals surface area contributed by atoms with E-state index in [2.05, 4.69) is 24.4 Å². The minimum Gasteiger partial charge on any atom is -0.478 e. The molecule has 0 unspecified atom stereocenters. The van der Waals surface area contributed by atoms with E-state index in [-0.39, 0.29) is 18.0 Å². The zero-order valence-electron chi connectivity index (χ0n) is 16.3. The van der Waals surface area contributed by atoms with Gasteiger partial charge in [-0.15, -0.1) is 0 Å². The molecule has 0 spiro atoms. The lowest BCUT2D eigenvalue weighted by atomic mass is 10.1. The first-order valence-corrected chi connectivity index (χ1v) is 10.5. The fourth-order valence-corrected chi connectivity index (χ4v) is 4.10. The second-order valence-electron chi connectivity index (χ2n) is 6.64. The van der Waals surface area contributed by atoms with Crippen molar-refractivity contribution in [1.82, 2.24) is 4.90 Å². The Morgan fingerprint density at radius 1 is 1.17 bits per heavy atom. The predicted octanol–water partition coefficient (Wildman–Crippen LogP) is 3.87. The Labute approximate surface area is 184 Å². The van der Waals surface area contributed by atoms with Crippen LogP contribution in [0.2, 0.25) is 0 Å². The van der Waals surface area contributed by atoms with Gasteiger partial charge in [-0.2, -0.15) is 0 Å². The van der Waals surface area contributed by atoms with Crippen molar-refractivity contribution in [3.05, 3.63) is 76.2 Å². The highest BCUT2D eigenvalue weighted by molar-refractivity contribution is 8.26. The number of nitrogens with zero attached hydrogens (tertiary/aromatic N) is 1. The maximum Gasteiger partial charge on any atom is 0.335 e. The number of carboxylic acid groups (broad SMARTS) is 1. The number of benzene rings is 2. The second-order valence-corrected chi connectivity index (χ2v) is 8.31. The van der Waals surface area contributed by atoms with Crippen LogP contribution < -0.4 is 5.32 Å². The summed E-state index contributed by atoms with van der Waals surface area (Å²) in [6.07, 6.45) is 3.40. The van der Waals surface area contributed by atoms with Crippen LogP contribution in [0.3, 0.4) is 0 Å². The van der Waals surface area contributed by atoms with E-state index < -0.39 is 11.9 Å². The zero-order chi connectivity index (χ0) is 21.7. The third kappa shape index (κ3) is 5.34. The van der Waals surface area contributed by atoms with Crippen molar-refractivity contribution in [2.24, 2.45) is 0 Å². The van der Waals surface area contributed by atoms with Crippen molar-refractivity contribution in [2.45, 2.75) is 19.8 Å². The number of aromatic carboxylic acids is 1. The van der Waals surface area contributed by atoms with Crippen LogP contribution in [-0.4, -0.2) is 38.7 Å². The van der Waals surface area contributed by atoms with Crippen molar-refractivity contribution in [2.75, 3.05) is 11.9 Å². The summed E-state index contributed by atoms with van der Waals surface area (Å²) in [5.41, 5.74) is 2.75. The molecular formula is C22H20N2O4S2. The largest absolute Gasteiger partial charge is 0.478 e. The van der Waals surface area contributed by atoms with E-state index in [0.717, 1.165) is 12.0 Å². The molecule has 2 aromatic carbocycles. The van der Waals surface area contributed by atoms with E-state index in [9.17, 15) is 14.4 Å². The average molecular weight is 441 g/mol. The highest BCUT2D eigenvalue weighted by Gasteiger charge is 2.33. The Kier molecular flexibility index (Phi) is 7.02. The van der Waals surface area contributed by atoms with Crippen LogP contribution in [0.4, 0.5) is 5.69 Å². The average Bonchev–Trinajstić information content (AvgIpc) is 3.00. The van der Waals surface area contributed by atoms with Gasteiger partial charge in [0.1, 0.15) is 10.9 Å². The first-order chi connectivity index (χ1) is 14.4. The van der Waals surface area contributed by atoms with Gasteiger partial charge in [0.2, 0.25) is 5.91 Å². The summed E-state index contributed by atoms with van der Waals surface area (Å²) < 4.78 is 0.321. The number of anilines is 1. The Bertz CT molecular complexity index is 1030. The number of carbonyl (C=O) groups excluding carboxylic acids is 2. The molecule has 8 heteroatoms. The summed E-state index contributed by atoms with van der Waals surface area (Å²) in [6.45, 7) is 1.86. The lowest BCUT2D eigenvalue weighted by Gasteiger charge is -2.14. The van der Waals surface area contributed by atoms with Crippen LogP contribution >= 0.6 is 24.0 Å². The smallest absolute Gasteiger partial charge is 0.335 e. The van der Waals surface area contributed by atoms with Gasteiger partial charge in [0.05, 0.1) is 10.5 Å². The molecule has 1 saturated heterocycles. The van der Waals surface area contributed by atoms with E-state index in [1.807, 2.05) is 18.2 Å². The van der Waals surface area contributed by atoms with Gasteiger partial charge in [-0.1, -0.05) is 67.3 Å². The van der Waals surface area contributed by atoms with Crippen molar-refractivity contribution in [3.8, 4) is 0 Å². The molecule has 1 fully saturated rings. The molecule has 2 aromatic rings. The predicted molar refractivity (Wildman–Crippen MR) is 122 cm³/mol. The van der Waals surface area contributed by atoms with Crippen LogP contribution in [0, 0.1) is 0 Å². The van der Waals surface area contributed by atoms with Crippen LogP contribution in [0.5, 0.6) is 0 Å². The molecule has 1 aliphatic heterocycles. The number of carbonyl (C=O) groups is 3. The summed E-state index contributed by atoms with van der Waals surface area (Å²) in [5.74, 6) is -1.84. The maximum atomic E-state index is 12.7. The molecule has 6 nitrogen and oxygen atoms in total. The summed E-state index contributed by atoms with van der Waals surface area (Å²) in [4.78, 5) is 37.8. The number of thiocarbonyl (C=S) groups is 1. The number of nitrogens with one attached hydrogen (secondary N) is 1. The van der Waals surface area contributed by atoms with Crippen molar-refractivity contribution in [3.63, 3.8) is 0 Å². The molecule has 0 saturated carbocycles. The topological polar surface area (TPSA) is 86.7 Å². The standard InChI is InChI=1S/C22H20N2O4S2/c1-2-14-6-8-15(9-7-14)10-11-18-20(26)24(22(29)30-18)13-19(25)23-17-5-3-4-16(12-17)21(27)28/h3-9,11-12H,2,10,13H2,1H3,(H,23,25)(H,27,28)/b18-11-. The van der Waals surface area contributed by atoms with Gasteiger partial charge < -0.3 is 10.4 Å². The Morgan fingerprint density at radius 2 is 1.87 bits per heavy atom. The number of carboxylic acids is 1. The summed E-state index contributed by atoms with van der Waals surface area (Å²) in [5, 5.41) is 11.6. The van der Waals surface area contributed by atoms with Gasteiger partial charge in [0.25, 0.3) is 5.91 Å². The number of amides is 2. The number of hydrogen-bond acceptors (Lipinski definition) is 5. The number of rotatable bonds is 7. The number of hydrogen-bond donors (Lipinski definition) is 2. The van der Waals surface area contributed by atoms with Crippen molar-refractivity contribution in [1.29, 1.82) is 0 Å². The minimum absolute atomic E-state index is 0.0633. The Hall–Kier alpha value is -2.97. The normalized spacial score (nSPS) is 15.0. The summed E-state index contributed by atoms with van der Waals surface area (Å²) >= 11 is 6.44. The van der Waals surface area contributed by atoms with Gasteiger partial charge in [0, 0.05) is 5.69 Å². The van der Waals surface area contributed by atoms with Crippen LogP contribution in [0.1, 0.15) is 28.4 Å². The molecule has 154 valence electrons. The SMILES string of the molecule is CCc1ccc(C/C=C2\SC(=S)N(CC(=O)Nc3cccc(C(=O)O)c3)C2=O)cc1. The highest BCUT2D eigenvalue weighted by Crippen LogP contribution is 2.31. The van der Waals surface area contributed by atoms with E-state index in [1.165, 1.54) is 40.4 Å². The minimum atomic E-state index is -1.09. The maximum absolute atomic E-state index is 12.7. The van der Waals surface area contributed by atoms with E-state index in [0.29, 0.717) is 21.3 Å². The highest BCUT2D eigenvalue weighted by atomic mass is 32.2. The zero-order valence-corrected chi connectivity index (χ0v) is 17.9. The third-order valence-electron chi connectivity index (χ3n) is 4.52. The first-order valence-electron chi connectivity index (χ1n) is 9.32. The van der Waals surface area contributed by atoms with E-state index in [4.69, 9.17) is 17.3 Å². The lowest BCUT2D eigenvalue weighted by Crippen LogP contribution is -2.36. The molecule has 0 radical (unpaired) electrons. The molecule has 3 rings (SSSR count). The lowest BCUT2D eigenvalue weighted by molar-refractivity contribution is -0.126. The molecule has 0 atom stereocenters. The number of allylic oxidation sites excluding steroid dienone is 1. The van der Waals surface area contributed by atoms with Gasteiger partial charge in [-0.3, -0.25) is 14.5 Å². The summed E-state index contributed by atoms with van der Waals surface area (Å²) in [7, 11) is 0. The molecule has 2 N–H and O–H groups in total. The molecule has 0 aliphatic carbocycles. The second kappa shape index (κ2) is 9.69. The van der Waals surface area contributed by atoms with Crippen LogP contribution in [0.25, 0.3) is 0 Å². The molecular weight excluding hydrogens is 420 g/mol. The molecule has 1 aliphatic rings. The Balaban J connectivity index is 1.62. The van der Waals surface area contributed by atoms with Gasteiger partial charge >= 0.3 is 5.97 Å². The molecule has 2 amide bonds. The van der Waals surface area contributed by atoms with E-state index >= 15 is 0 Å². The molecule has 0 bridgehead atoms. The monoisotopic (exact) mass is 440 g/mol.